The summed E-state index contributed by atoms with van der Waals surface area (Å²) in [6, 6.07) is 6.32. The minimum absolute atomic E-state index is 0.0886. The number of carbonyl (C=O) groups is 1. The zero-order valence-corrected chi connectivity index (χ0v) is 15.8. The maximum absolute atomic E-state index is 11.7. The Morgan fingerprint density at radius 2 is 2.08 bits per heavy atom. The largest absolute Gasteiger partial charge is 0.383 e. The number of hydrogen-bond acceptors (Lipinski definition) is 3. The number of H-pyrrole nitrogens is 1. The number of aromatic amines is 1. The quantitative estimate of drug-likeness (QED) is 0.309. The number of nitrogens with one attached hydrogen (secondary N) is 4. The molecule has 26 heavy (non-hydrogen) atoms. The van der Waals surface area contributed by atoms with E-state index in [2.05, 4.69) is 57.2 Å². The van der Waals surface area contributed by atoms with E-state index in [1.165, 1.54) is 22.0 Å². The topological polar surface area (TPSA) is 90.5 Å². The lowest BCUT2D eigenvalue weighted by Crippen LogP contribution is -2.39. The van der Waals surface area contributed by atoms with Crippen molar-refractivity contribution in [1.29, 1.82) is 0 Å². The van der Waals surface area contributed by atoms with E-state index in [1.807, 2.05) is 6.92 Å². The van der Waals surface area contributed by atoms with Gasteiger partial charge in [-0.3, -0.25) is 4.79 Å². The maximum atomic E-state index is 11.7. The number of benzene rings is 1. The average molecular weight is 359 g/mol. The number of guanidine groups is 1. The minimum atomic E-state index is -0.119. The Morgan fingerprint density at radius 3 is 2.85 bits per heavy atom. The number of ether oxygens (including phenoxy) is 1. The fourth-order valence-corrected chi connectivity index (χ4v) is 2.73. The molecule has 0 aliphatic rings. The Morgan fingerprint density at radius 1 is 1.23 bits per heavy atom. The SMILES string of the molecule is CCNC(=NCC(=O)NCCOC)NCCc1c[nH]c2c(C)cccc12. The molecule has 0 saturated heterocycles. The van der Waals surface area contributed by atoms with E-state index in [1.54, 1.807) is 7.11 Å². The van der Waals surface area contributed by atoms with Gasteiger partial charge in [0.1, 0.15) is 6.54 Å². The highest BCUT2D eigenvalue weighted by Crippen LogP contribution is 2.21. The minimum Gasteiger partial charge on any atom is -0.383 e. The van der Waals surface area contributed by atoms with Crippen LogP contribution in [0.25, 0.3) is 10.9 Å². The number of aryl methyl sites for hydroxylation is 1. The predicted molar refractivity (Wildman–Crippen MR) is 106 cm³/mol. The third-order valence-corrected chi connectivity index (χ3v) is 4.05. The summed E-state index contributed by atoms with van der Waals surface area (Å²) in [5, 5.41) is 10.4. The molecule has 0 spiro atoms. The van der Waals surface area contributed by atoms with Gasteiger partial charge in [-0.25, -0.2) is 4.99 Å². The van der Waals surface area contributed by atoms with Gasteiger partial charge in [-0.2, -0.15) is 0 Å². The number of methoxy groups -OCH3 is 1. The van der Waals surface area contributed by atoms with Crippen molar-refractivity contribution in [3.05, 3.63) is 35.5 Å². The van der Waals surface area contributed by atoms with E-state index >= 15 is 0 Å². The zero-order valence-electron chi connectivity index (χ0n) is 15.8. The van der Waals surface area contributed by atoms with Crippen LogP contribution in [0.1, 0.15) is 18.1 Å². The number of aliphatic imine (C=N–C) groups is 1. The van der Waals surface area contributed by atoms with Crippen LogP contribution in [-0.2, 0) is 16.0 Å². The lowest BCUT2D eigenvalue weighted by molar-refractivity contribution is -0.119. The van der Waals surface area contributed by atoms with Crippen molar-refractivity contribution in [2.24, 2.45) is 4.99 Å². The molecule has 7 nitrogen and oxygen atoms in total. The Hall–Kier alpha value is -2.54. The van der Waals surface area contributed by atoms with E-state index in [0.717, 1.165) is 19.5 Å². The van der Waals surface area contributed by atoms with Crippen molar-refractivity contribution in [2.45, 2.75) is 20.3 Å². The van der Waals surface area contributed by atoms with Crippen LogP contribution in [0.15, 0.2) is 29.4 Å². The summed E-state index contributed by atoms with van der Waals surface area (Å²) < 4.78 is 4.90. The number of para-hydroxylation sites is 1. The third kappa shape index (κ3) is 5.77. The van der Waals surface area contributed by atoms with Crippen molar-refractivity contribution in [3.8, 4) is 0 Å². The first-order valence-electron chi connectivity index (χ1n) is 8.99. The van der Waals surface area contributed by atoms with Gasteiger partial charge in [0.25, 0.3) is 0 Å². The molecule has 0 aliphatic carbocycles. The number of fused-ring (bicyclic) bond motifs is 1. The second-order valence-corrected chi connectivity index (χ2v) is 6.03. The van der Waals surface area contributed by atoms with Crippen molar-refractivity contribution in [1.82, 2.24) is 20.9 Å². The number of carbonyl (C=O) groups excluding carboxylic acids is 1. The van der Waals surface area contributed by atoms with Crippen LogP contribution in [0, 0.1) is 6.92 Å². The first-order chi connectivity index (χ1) is 12.7. The molecule has 2 rings (SSSR count). The standard InChI is InChI=1S/C19H29N5O2/c1-4-20-19(24-13-17(25)21-10-11-26-3)22-9-8-15-12-23-18-14(2)6-5-7-16(15)18/h5-7,12,23H,4,8-11,13H2,1-3H3,(H,21,25)(H2,20,22,24). The molecule has 1 aromatic heterocycles. The molecule has 1 heterocycles. The second-order valence-electron chi connectivity index (χ2n) is 6.03. The first kappa shape index (κ1) is 19.8. The number of aromatic nitrogens is 1. The van der Waals surface area contributed by atoms with Crippen LogP contribution in [0.3, 0.4) is 0 Å². The van der Waals surface area contributed by atoms with E-state index in [9.17, 15) is 4.79 Å². The maximum Gasteiger partial charge on any atom is 0.241 e. The molecule has 2 aromatic rings. The zero-order chi connectivity index (χ0) is 18.8. The predicted octanol–water partition coefficient (Wildman–Crippen LogP) is 1.34. The highest BCUT2D eigenvalue weighted by molar-refractivity contribution is 5.86. The van der Waals surface area contributed by atoms with E-state index in [-0.39, 0.29) is 12.5 Å². The normalized spacial score (nSPS) is 11.6. The monoisotopic (exact) mass is 359 g/mol. The molecule has 0 fully saturated rings. The van der Waals surface area contributed by atoms with E-state index in [4.69, 9.17) is 4.74 Å². The van der Waals surface area contributed by atoms with Crippen LogP contribution in [0.4, 0.5) is 0 Å². The lowest BCUT2D eigenvalue weighted by atomic mass is 10.1. The summed E-state index contributed by atoms with van der Waals surface area (Å²) in [6.45, 7) is 6.66. The molecule has 142 valence electrons. The number of nitrogens with zero attached hydrogens (tertiary/aromatic N) is 1. The van der Waals surface area contributed by atoms with Crippen LogP contribution in [-0.4, -0.2) is 56.7 Å². The van der Waals surface area contributed by atoms with Crippen LogP contribution >= 0.6 is 0 Å². The molecule has 7 heteroatoms. The first-order valence-corrected chi connectivity index (χ1v) is 8.99. The fourth-order valence-electron chi connectivity index (χ4n) is 2.73. The summed E-state index contributed by atoms with van der Waals surface area (Å²) in [6.07, 6.45) is 2.93. The third-order valence-electron chi connectivity index (χ3n) is 4.05. The van der Waals surface area contributed by atoms with Crippen LogP contribution in [0.2, 0.25) is 0 Å². The molecule has 0 aliphatic heterocycles. The van der Waals surface area contributed by atoms with Crippen LogP contribution in [0.5, 0.6) is 0 Å². The van der Waals surface area contributed by atoms with Gasteiger partial charge >= 0.3 is 0 Å². The average Bonchev–Trinajstić information content (AvgIpc) is 3.04. The molecule has 0 unspecified atom stereocenters. The Kier molecular flexibility index (Phi) is 7.95. The van der Waals surface area contributed by atoms with Gasteiger partial charge in [0.2, 0.25) is 5.91 Å². The van der Waals surface area contributed by atoms with Crippen molar-refractivity contribution >= 4 is 22.8 Å². The molecule has 1 aromatic carbocycles. The molecular formula is C19H29N5O2. The Labute approximate surface area is 154 Å². The van der Waals surface area contributed by atoms with Gasteiger partial charge < -0.3 is 25.7 Å². The van der Waals surface area contributed by atoms with Gasteiger partial charge in [0.05, 0.1) is 6.61 Å². The summed E-state index contributed by atoms with van der Waals surface area (Å²) in [5.41, 5.74) is 3.70. The molecule has 0 radical (unpaired) electrons. The van der Waals surface area contributed by atoms with Gasteiger partial charge in [0.15, 0.2) is 5.96 Å². The molecule has 0 bridgehead atoms. The fraction of sp³-hybridized carbons (Fsp3) is 0.474. The van der Waals surface area contributed by atoms with E-state index in [0.29, 0.717) is 19.1 Å². The molecule has 0 saturated carbocycles. The Balaban J connectivity index is 1.86. The molecule has 4 N–H and O–H groups in total. The Bertz CT molecular complexity index is 739. The smallest absolute Gasteiger partial charge is 0.241 e. The van der Waals surface area contributed by atoms with Crippen molar-refractivity contribution < 1.29 is 9.53 Å². The summed E-state index contributed by atoms with van der Waals surface area (Å²) >= 11 is 0. The molecule has 1 amide bonds. The lowest BCUT2D eigenvalue weighted by Gasteiger charge is -2.11. The number of amides is 1. The van der Waals surface area contributed by atoms with Gasteiger partial charge in [0, 0.05) is 43.8 Å². The van der Waals surface area contributed by atoms with Crippen LogP contribution < -0.4 is 16.0 Å². The van der Waals surface area contributed by atoms with Gasteiger partial charge in [-0.15, -0.1) is 0 Å². The van der Waals surface area contributed by atoms with Gasteiger partial charge in [-0.05, 0) is 31.4 Å². The summed E-state index contributed by atoms with van der Waals surface area (Å²) in [5.74, 6) is 0.525. The second kappa shape index (κ2) is 10.5. The molecule has 0 atom stereocenters. The number of rotatable bonds is 9. The summed E-state index contributed by atoms with van der Waals surface area (Å²) in [4.78, 5) is 19.4. The van der Waals surface area contributed by atoms with Crippen molar-refractivity contribution in [2.75, 3.05) is 39.9 Å². The summed E-state index contributed by atoms with van der Waals surface area (Å²) in [7, 11) is 1.60. The molecular weight excluding hydrogens is 330 g/mol. The highest BCUT2D eigenvalue weighted by atomic mass is 16.5. The van der Waals surface area contributed by atoms with Crippen molar-refractivity contribution in [3.63, 3.8) is 0 Å². The number of hydrogen-bond donors (Lipinski definition) is 4. The highest BCUT2D eigenvalue weighted by Gasteiger charge is 2.06. The van der Waals surface area contributed by atoms with Gasteiger partial charge in [-0.1, -0.05) is 18.2 Å². The van der Waals surface area contributed by atoms with E-state index < -0.39 is 0 Å².